The standard InChI is InChI=1S/C17H23F3N4O3S/c1-2-13-14(7-21-15(22-13)17(18,19)20)28(25,26)24-10-16(11-24)8-23(9-16)12-3-5-27-6-4-12/h7,12H,2-6,8-11H2,1H3. The molecule has 3 saturated heterocycles. The number of rotatable bonds is 4. The van der Waals surface area contributed by atoms with Crippen LogP contribution in [-0.2, 0) is 27.4 Å². The Morgan fingerprint density at radius 1 is 1.21 bits per heavy atom. The summed E-state index contributed by atoms with van der Waals surface area (Å²) in [5.41, 5.74) is -0.134. The van der Waals surface area contributed by atoms with Crippen molar-refractivity contribution in [2.45, 2.75) is 43.3 Å². The first-order valence-electron chi connectivity index (χ1n) is 9.40. The van der Waals surface area contributed by atoms with E-state index in [4.69, 9.17) is 4.74 Å². The maximum Gasteiger partial charge on any atom is 0.451 e. The summed E-state index contributed by atoms with van der Waals surface area (Å²) >= 11 is 0. The summed E-state index contributed by atoms with van der Waals surface area (Å²) in [5.74, 6) is -1.31. The fourth-order valence-electron chi connectivity index (χ4n) is 4.35. The van der Waals surface area contributed by atoms with E-state index in [0.29, 0.717) is 19.1 Å². The van der Waals surface area contributed by atoms with E-state index in [0.717, 1.165) is 45.3 Å². The van der Waals surface area contributed by atoms with Crippen LogP contribution in [0.1, 0.15) is 31.3 Å². The molecular weight excluding hydrogens is 397 g/mol. The van der Waals surface area contributed by atoms with Gasteiger partial charge in [-0.3, -0.25) is 4.90 Å². The fourth-order valence-corrected chi connectivity index (χ4v) is 6.19. The summed E-state index contributed by atoms with van der Waals surface area (Å²) < 4.78 is 71.0. The second-order valence-electron chi connectivity index (χ2n) is 7.88. The molecule has 0 saturated carbocycles. The van der Waals surface area contributed by atoms with Gasteiger partial charge in [-0.25, -0.2) is 18.4 Å². The maximum absolute atomic E-state index is 12.9. The number of nitrogens with zero attached hydrogens (tertiary/aromatic N) is 4. The number of hydrogen-bond acceptors (Lipinski definition) is 6. The third kappa shape index (κ3) is 3.42. The van der Waals surface area contributed by atoms with Gasteiger partial charge >= 0.3 is 6.18 Å². The minimum atomic E-state index is -4.70. The molecule has 0 atom stereocenters. The summed E-state index contributed by atoms with van der Waals surface area (Å²) in [7, 11) is -3.89. The lowest BCUT2D eigenvalue weighted by molar-refractivity contribution is -0.145. The first kappa shape index (κ1) is 20.0. The molecule has 28 heavy (non-hydrogen) atoms. The van der Waals surface area contributed by atoms with Crippen LogP contribution < -0.4 is 0 Å². The molecule has 4 heterocycles. The molecule has 156 valence electrons. The summed E-state index contributed by atoms with van der Waals surface area (Å²) in [6.07, 6.45) is -1.82. The molecule has 0 unspecified atom stereocenters. The summed E-state index contributed by atoms with van der Waals surface area (Å²) in [5, 5.41) is 0. The molecular formula is C17H23F3N4O3S. The number of halogens is 3. The largest absolute Gasteiger partial charge is 0.451 e. The lowest BCUT2D eigenvalue weighted by atomic mass is 9.73. The van der Waals surface area contributed by atoms with E-state index in [1.165, 1.54) is 4.31 Å². The smallest absolute Gasteiger partial charge is 0.381 e. The van der Waals surface area contributed by atoms with Crippen molar-refractivity contribution in [1.29, 1.82) is 0 Å². The Bertz CT molecular complexity index is 842. The molecule has 1 aromatic rings. The molecule has 0 N–H and O–H groups in total. The Morgan fingerprint density at radius 3 is 2.43 bits per heavy atom. The lowest BCUT2D eigenvalue weighted by Gasteiger charge is -2.61. The van der Waals surface area contributed by atoms with Crippen LogP contribution in [0.2, 0.25) is 0 Å². The average Bonchev–Trinajstić information content (AvgIpc) is 2.58. The number of ether oxygens (including phenoxy) is 1. The van der Waals surface area contributed by atoms with E-state index < -0.39 is 22.0 Å². The Labute approximate surface area is 161 Å². The normalized spacial score (nSPS) is 24.1. The third-order valence-corrected chi connectivity index (χ3v) is 7.68. The van der Waals surface area contributed by atoms with Crippen molar-refractivity contribution in [3.63, 3.8) is 0 Å². The predicted octanol–water partition coefficient (Wildman–Crippen LogP) is 1.54. The molecule has 4 rings (SSSR count). The topological polar surface area (TPSA) is 75.6 Å². The van der Waals surface area contributed by atoms with Crippen LogP contribution in [0.5, 0.6) is 0 Å². The van der Waals surface area contributed by atoms with Crippen molar-refractivity contribution in [2.75, 3.05) is 39.4 Å². The van der Waals surface area contributed by atoms with Crippen LogP contribution in [0.3, 0.4) is 0 Å². The molecule has 0 amide bonds. The highest BCUT2D eigenvalue weighted by molar-refractivity contribution is 7.89. The monoisotopic (exact) mass is 420 g/mol. The van der Waals surface area contributed by atoms with E-state index in [9.17, 15) is 21.6 Å². The molecule has 3 aliphatic rings. The summed E-state index contributed by atoms with van der Waals surface area (Å²) in [6, 6.07) is 0.500. The van der Waals surface area contributed by atoms with E-state index >= 15 is 0 Å². The Hall–Kier alpha value is -1.30. The molecule has 0 aromatic carbocycles. The van der Waals surface area contributed by atoms with E-state index in [1.54, 1.807) is 6.92 Å². The van der Waals surface area contributed by atoms with Gasteiger partial charge < -0.3 is 4.74 Å². The molecule has 1 aromatic heterocycles. The molecule has 1 spiro atoms. The van der Waals surface area contributed by atoms with E-state index in [-0.39, 0.29) is 22.4 Å². The van der Waals surface area contributed by atoms with Gasteiger partial charge in [0, 0.05) is 50.8 Å². The zero-order chi connectivity index (χ0) is 20.2. The Balaban J connectivity index is 1.43. The summed E-state index contributed by atoms with van der Waals surface area (Å²) in [4.78, 5) is 8.86. The zero-order valence-corrected chi connectivity index (χ0v) is 16.4. The van der Waals surface area contributed by atoms with Gasteiger partial charge in [0.25, 0.3) is 0 Å². The van der Waals surface area contributed by atoms with Gasteiger partial charge in [0.2, 0.25) is 15.8 Å². The molecule has 0 aliphatic carbocycles. The minimum Gasteiger partial charge on any atom is -0.381 e. The molecule has 3 fully saturated rings. The average molecular weight is 420 g/mol. The molecule has 0 bridgehead atoms. The van der Waals surface area contributed by atoms with Crippen LogP contribution in [0.15, 0.2) is 11.1 Å². The van der Waals surface area contributed by atoms with Crippen LogP contribution in [0.25, 0.3) is 0 Å². The van der Waals surface area contributed by atoms with Crippen molar-refractivity contribution in [2.24, 2.45) is 5.41 Å². The second kappa shape index (κ2) is 6.89. The minimum absolute atomic E-state index is 0.0372. The number of sulfonamides is 1. The van der Waals surface area contributed by atoms with Gasteiger partial charge in [-0.1, -0.05) is 6.92 Å². The lowest BCUT2D eigenvalue weighted by Crippen LogP contribution is -2.74. The fraction of sp³-hybridized carbons (Fsp3) is 0.765. The Kier molecular flexibility index (Phi) is 4.92. The number of hydrogen-bond donors (Lipinski definition) is 0. The zero-order valence-electron chi connectivity index (χ0n) is 15.6. The molecule has 7 nitrogen and oxygen atoms in total. The molecule has 0 radical (unpaired) electrons. The van der Waals surface area contributed by atoms with Gasteiger partial charge in [-0.05, 0) is 19.3 Å². The number of aromatic nitrogens is 2. The second-order valence-corrected chi connectivity index (χ2v) is 9.78. The predicted molar refractivity (Wildman–Crippen MR) is 93.0 cm³/mol. The van der Waals surface area contributed by atoms with Gasteiger partial charge in [-0.15, -0.1) is 0 Å². The number of likely N-dealkylation sites (tertiary alicyclic amines) is 1. The van der Waals surface area contributed by atoms with Crippen molar-refractivity contribution < 1.29 is 26.3 Å². The highest BCUT2D eigenvalue weighted by Crippen LogP contribution is 2.44. The van der Waals surface area contributed by atoms with Crippen LogP contribution in [0, 0.1) is 5.41 Å². The van der Waals surface area contributed by atoms with Gasteiger partial charge in [-0.2, -0.15) is 17.5 Å². The maximum atomic E-state index is 12.9. The highest BCUT2D eigenvalue weighted by Gasteiger charge is 2.56. The van der Waals surface area contributed by atoms with Crippen LogP contribution in [-0.4, -0.2) is 73.0 Å². The van der Waals surface area contributed by atoms with Gasteiger partial charge in [0.05, 0.1) is 11.9 Å². The van der Waals surface area contributed by atoms with Gasteiger partial charge in [0.1, 0.15) is 4.90 Å². The number of alkyl halides is 3. The van der Waals surface area contributed by atoms with Crippen molar-refractivity contribution >= 4 is 10.0 Å². The van der Waals surface area contributed by atoms with E-state index in [1.807, 2.05) is 0 Å². The quantitative estimate of drug-likeness (QED) is 0.736. The van der Waals surface area contributed by atoms with Crippen molar-refractivity contribution in [1.82, 2.24) is 19.2 Å². The summed E-state index contributed by atoms with van der Waals surface area (Å²) in [6.45, 7) is 5.60. The Morgan fingerprint density at radius 2 is 1.86 bits per heavy atom. The molecule has 11 heteroatoms. The molecule has 3 aliphatic heterocycles. The first-order chi connectivity index (χ1) is 13.1. The highest BCUT2D eigenvalue weighted by atomic mass is 32.2. The van der Waals surface area contributed by atoms with Crippen LogP contribution >= 0.6 is 0 Å². The third-order valence-electron chi connectivity index (χ3n) is 5.84. The van der Waals surface area contributed by atoms with E-state index in [2.05, 4.69) is 14.9 Å². The SMILES string of the molecule is CCc1nc(C(F)(F)F)ncc1S(=O)(=O)N1CC2(CN(C3CCOCC3)C2)C1. The van der Waals surface area contributed by atoms with Gasteiger partial charge in [0.15, 0.2) is 0 Å². The van der Waals surface area contributed by atoms with Crippen molar-refractivity contribution in [3.8, 4) is 0 Å². The van der Waals surface area contributed by atoms with Crippen LogP contribution in [0.4, 0.5) is 13.2 Å². The number of aryl methyl sites for hydroxylation is 1. The first-order valence-corrected chi connectivity index (χ1v) is 10.8. The van der Waals surface area contributed by atoms with Crippen molar-refractivity contribution in [3.05, 3.63) is 17.7 Å².